The zero-order valence-corrected chi connectivity index (χ0v) is 20.4. The number of tetrazole rings is 1. The van der Waals surface area contributed by atoms with E-state index in [1.54, 1.807) is 23.6 Å². The normalized spacial score (nSPS) is 11.7. The van der Waals surface area contributed by atoms with Gasteiger partial charge in [0.25, 0.3) is 0 Å². The lowest BCUT2D eigenvalue weighted by atomic mass is 10.1. The van der Waals surface area contributed by atoms with Crippen LogP contribution in [0.4, 0.5) is 5.69 Å². The predicted molar refractivity (Wildman–Crippen MR) is 131 cm³/mol. The first-order chi connectivity index (χ1) is 16.3. The lowest BCUT2D eigenvalue weighted by molar-refractivity contribution is 0.607. The molecule has 0 saturated carbocycles. The molecule has 1 aromatic carbocycles. The van der Waals surface area contributed by atoms with Crippen molar-refractivity contribution in [2.24, 2.45) is 0 Å². The number of nitrogens with zero attached hydrogens (tertiary/aromatic N) is 6. The van der Waals surface area contributed by atoms with E-state index in [9.17, 15) is 8.42 Å². The minimum Gasteiger partial charge on any atom is -0.312 e. The van der Waals surface area contributed by atoms with Crippen LogP contribution in [0.1, 0.15) is 22.9 Å². The van der Waals surface area contributed by atoms with Crippen LogP contribution in [0.2, 0.25) is 0 Å². The molecular weight excluding hydrogens is 472 g/mol. The Balaban J connectivity index is 1.61. The molecule has 12 heteroatoms. The van der Waals surface area contributed by atoms with Crippen LogP contribution in [0.5, 0.6) is 0 Å². The number of hydrogen-bond acceptors (Lipinski definition) is 7. The summed E-state index contributed by atoms with van der Waals surface area (Å²) in [6.45, 7) is 3.93. The Labute approximate surface area is 200 Å². The third-order valence-corrected chi connectivity index (χ3v) is 7.06. The smallest absolute Gasteiger partial charge is 0.229 e. The highest BCUT2D eigenvalue weighted by molar-refractivity contribution is 7.92. The van der Waals surface area contributed by atoms with Gasteiger partial charge in [-0.2, -0.15) is 0 Å². The molecule has 0 amide bonds. The Morgan fingerprint density at radius 3 is 2.65 bits per heavy atom. The number of thiophene rings is 1. The number of rotatable bonds is 7. The summed E-state index contributed by atoms with van der Waals surface area (Å²) in [6, 6.07) is 13.8. The summed E-state index contributed by atoms with van der Waals surface area (Å²) in [7, 11) is -3.37. The number of hydrogen-bond donors (Lipinski definition) is 2. The molecule has 10 nitrogen and oxygen atoms in total. The zero-order valence-electron chi connectivity index (χ0n) is 18.7. The standard InChI is InChI=1S/C22H22N8O2S2/c1-14-12-16(26-34(3,31)32)4-6-18(14)30-17(13-21-24-27-28-25-21)5-7-19(30)20-8-9-22(33-20)29-11-10-23-15(29)2/h4-12,26H,13H2,1-3H3,(H,24,25,27,28). The molecule has 0 aliphatic rings. The van der Waals surface area contributed by atoms with Gasteiger partial charge in [-0.15, -0.1) is 16.4 Å². The second-order valence-electron chi connectivity index (χ2n) is 7.93. The van der Waals surface area contributed by atoms with Crippen LogP contribution < -0.4 is 4.72 Å². The van der Waals surface area contributed by atoms with Crippen molar-refractivity contribution >= 4 is 27.0 Å². The number of aromatic amines is 1. The van der Waals surface area contributed by atoms with E-state index in [-0.39, 0.29) is 0 Å². The molecule has 0 radical (unpaired) electrons. The first-order valence-corrected chi connectivity index (χ1v) is 13.1. The number of H-pyrrole nitrogens is 1. The number of benzene rings is 1. The van der Waals surface area contributed by atoms with Crippen LogP contribution in [-0.2, 0) is 16.4 Å². The van der Waals surface area contributed by atoms with E-state index in [2.05, 4.69) is 63.7 Å². The van der Waals surface area contributed by atoms with Gasteiger partial charge in [0.1, 0.15) is 10.8 Å². The van der Waals surface area contributed by atoms with Gasteiger partial charge >= 0.3 is 0 Å². The van der Waals surface area contributed by atoms with Crippen LogP contribution in [0, 0.1) is 13.8 Å². The summed E-state index contributed by atoms with van der Waals surface area (Å²) in [5.74, 6) is 1.58. The summed E-state index contributed by atoms with van der Waals surface area (Å²) in [5.41, 5.74) is 4.39. The monoisotopic (exact) mass is 494 g/mol. The van der Waals surface area contributed by atoms with Crippen molar-refractivity contribution in [2.45, 2.75) is 20.3 Å². The SMILES string of the molecule is Cc1cc(NS(C)(=O)=O)ccc1-n1c(Cc2nnn[nH]2)ccc1-c1ccc(-n2ccnc2C)s1. The van der Waals surface area contributed by atoms with Crippen molar-refractivity contribution in [3.8, 4) is 21.3 Å². The maximum Gasteiger partial charge on any atom is 0.229 e. The molecular formula is C22H22N8O2S2. The van der Waals surface area contributed by atoms with Crippen LogP contribution in [-0.4, -0.2) is 49.4 Å². The molecule has 5 aromatic rings. The van der Waals surface area contributed by atoms with E-state index in [0.29, 0.717) is 17.9 Å². The van der Waals surface area contributed by atoms with Gasteiger partial charge in [-0.3, -0.25) is 9.29 Å². The number of aromatic nitrogens is 7. The van der Waals surface area contributed by atoms with E-state index >= 15 is 0 Å². The molecule has 4 aromatic heterocycles. The highest BCUT2D eigenvalue weighted by Crippen LogP contribution is 2.35. The third kappa shape index (κ3) is 4.37. The number of sulfonamides is 1. The van der Waals surface area contributed by atoms with Gasteiger partial charge < -0.3 is 4.57 Å². The van der Waals surface area contributed by atoms with Gasteiger partial charge in [-0.1, -0.05) is 0 Å². The molecule has 0 bridgehead atoms. The number of nitrogens with one attached hydrogen (secondary N) is 2. The Hall–Kier alpha value is -3.77. The maximum absolute atomic E-state index is 11.7. The van der Waals surface area contributed by atoms with Gasteiger partial charge in [0, 0.05) is 35.9 Å². The van der Waals surface area contributed by atoms with Crippen molar-refractivity contribution in [1.82, 2.24) is 34.7 Å². The van der Waals surface area contributed by atoms with Gasteiger partial charge in [0.05, 0.1) is 16.8 Å². The number of aryl methyl sites for hydroxylation is 2. The minimum absolute atomic E-state index is 0.509. The largest absolute Gasteiger partial charge is 0.312 e. The summed E-state index contributed by atoms with van der Waals surface area (Å²) in [5, 5.41) is 15.3. The Kier molecular flexibility index (Phi) is 5.54. The van der Waals surface area contributed by atoms with Crippen LogP contribution in [0.3, 0.4) is 0 Å². The fourth-order valence-electron chi connectivity index (χ4n) is 3.91. The van der Waals surface area contributed by atoms with Gasteiger partial charge in [0.2, 0.25) is 10.0 Å². The molecule has 0 saturated heterocycles. The molecule has 2 N–H and O–H groups in total. The van der Waals surface area contributed by atoms with Gasteiger partial charge in [-0.05, 0) is 72.3 Å². The highest BCUT2D eigenvalue weighted by atomic mass is 32.2. The van der Waals surface area contributed by atoms with Crippen LogP contribution in [0.25, 0.3) is 21.3 Å². The third-order valence-electron chi connectivity index (χ3n) is 5.35. The average molecular weight is 495 g/mol. The predicted octanol–water partition coefficient (Wildman–Crippen LogP) is 3.48. The van der Waals surface area contributed by atoms with Gasteiger partial charge in [0.15, 0.2) is 5.82 Å². The lowest BCUT2D eigenvalue weighted by Crippen LogP contribution is -2.10. The van der Waals surface area contributed by atoms with Crippen molar-refractivity contribution in [1.29, 1.82) is 0 Å². The molecule has 0 atom stereocenters. The molecule has 4 heterocycles. The second kappa shape index (κ2) is 8.54. The quantitative estimate of drug-likeness (QED) is 0.357. The van der Waals surface area contributed by atoms with E-state index in [4.69, 9.17) is 0 Å². The Bertz CT molecular complexity index is 1560. The van der Waals surface area contributed by atoms with Crippen molar-refractivity contribution in [3.05, 3.63) is 77.8 Å². The van der Waals surface area contributed by atoms with E-state index < -0.39 is 10.0 Å². The highest BCUT2D eigenvalue weighted by Gasteiger charge is 2.18. The van der Waals surface area contributed by atoms with Crippen LogP contribution >= 0.6 is 11.3 Å². The van der Waals surface area contributed by atoms with Crippen molar-refractivity contribution in [2.75, 3.05) is 11.0 Å². The first kappa shape index (κ1) is 22.0. The van der Waals surface area contributed by atoms with E-state index in [1.165, 1.54) is 0 Å². The first-order valence-electron chi connectivity index (χ1n) is 10.4. The molecule has 0 aliphatic carbocycles. The van der Waals surface area contributed by atoms with Crippen LogP contribution in [0.15, 0.2) is 54.9 Å². The Morgan fingerprint density at radius 1 is 1.12 bits per heavy atom. The lowest BCUT2D eigenvalue weighted by Gasteiger charge is -2.16. The van der Waals surface area contributed by atoms with E-state index in [0.717, 1.165) is 44.6 Å². The molecule has 0 unspecified atom stereocenters. The molecule has 0 fully saturated rings. The molecule has 0 aliphatic heterocycles. The summed E-state index contributed by atoms with van der Waals surface area (Å²) < 4.78 is 30.1. The zero-order chi connectivity index (χ0) is 23.9. The summed E-state index contributed by atoms with van der Waals surface area (Å²) in [4.78, 5) is 5.41. The minimum atomic E-state index is -3.37. The fraction of sp³-hybridized carbons (Fsp3) is 0.182. The summed E-state index contributed by atoms with van der Waals surface area (Å²) in [6.07, 6.45) is 5.38. The van der Waals surface area contributed by atoms with Gasteiger partial charge in [-0.25, -0.2) is 18.5 Å². The Morgan fingerprint density at radius 2 is 1.97 bits per heavy atom. The molecule has 0 spiro atoms. The average Bonchev–Trinajstić information content (AvgIpc) is 3.54. The number of imidazole rings is 1. The number of anilines is 1. The van der Waals surface area contributed by atoms with E-state index in [1.807, 2.05) is 32.2 Å². The fourth-order valence-corrected chi connectivity index (χ4v) is 5.52. The molecule has 174 valence electrons. The topological polar surface area (TPSA) is 123 Å². The molecule has 5 rings (SSSR count). The summed E-state index contributed by atoms with van der Waals surface area (Å²) >= 11 is 1.67. The maximum atomic E-state index is 11.7. The second-order valence-corrected chi connectivity index (χ2v) is 10.7. The molecule has 34 heavy (non-hydrogen) atoms. The van der Waals surface area contributed by atoms with Crippen molar-refractivity contribution in [3.63, 3.8) is 0 Å². The van der Waals surface area contributed by atoms with Crippen molar-refractivity contribution < 1.29 is 8.42 Å².